The van der Waals surface area contributed by atoms with Crippen LogP contribution in [0, 0.1) is 0 Å². The van der Waals surface area contributed by atoms with Crippen LogP contribution in [0.25, 0.3) is 0 Å². The Kier molecular flexibility index (Phi) is 4.31. The topological polar surface area (TPSA) is 66.8 Å². The lowest BCUT2D eigenvalue weighted by Crippen LogP contribution is -2.57. The molecule has 1 saturated heterocycles. The van der Waals surface area contributed by atoms with E-state index in [0.29, 0.717) is 30.8 Å². The van der Waals surface area contributed by atoms with Gasteiger partial charge in [-0.3, -0.25) is 4.79 Å². The molecule has 1 rings (SSSR count). The highest BCUT2D eigenvalue weighted by Crippen LogP contribution is 2.11. The molecular formula is C9H18NO4+. The first-order chi connectivity index (χ1) is 6.68. The van der Waals surface area contributed by atoms with Gasteiger partial charge in [0.15, 0.2) is 0 Å². The summed E-state index contributed by atoms with van der Waals surface area (Å²) in [5, 5.41) is 17.6. The van der Waals surface area contributed by atoms with Crippen molar-refractivity contribution in [2.24, 2.45) is 0 Å². The maximum Gasteiger partial charge on any atom is 0.309 e. The van der Waals surface area contributed by atoms with Crippen LogP contribution in [-0.2, 0) is 9.53 Å². The van der Waals surface area contributed by atoms with Gasteiger partial charge < -0.3 is 19.4 Å². The minimum absolute atomic E-state index is 0.111. The van der Waals surface area contributed by atoms with Gasteiger partial charge in [-0.25, -0.2) is 0 Å². The molecule has 14 heavy (non-hydrogen) atoms. The SMILES string of the molecule is O=C(O)CC[N+]1(CCO)CCOCC1. The molecule has 0 saturated carbocycles. The van der Waals surface area contributed by atoms with Crippen LogP contribution in [-0.4, -0.2) is 66.7 Å². The third-order valence-corrected chi connectivity index (χ3v) is 2.79. The fraction of sp³-hybridized carbons (Fsp3) is 0.889. The van der Waals surface area contributed by atoms with Gasteiger partial charge in [-0.1, -0.05) is 0 Å². The standard InChI is InChI=1S/C9H17NO4/c11-6-3-10(2-1-9(12)13)4-7-14-8-5-10/h11H,1-8H2/p+1. The van der Waals surface area contributed by atoms with E-state index >= 15 is 0 Å². The molecule has 0 bridgehead atoms. The molecule has 0 amide bonds. The predicted molar refractivity (Wildman–Crippen MR) is 49.9 cm³/mol. The summed E-state index contributed by atoms with van der Waals surface area (Å²) in [5.41, 5.74) is 0. The summed E-state index contributed by atoms with van der Waals surface area (Å²) >= 11 is 0. The molecule has 0 aromatic rings. The quantitative estimate of drug-likeness (QED) is 0.581. The number of carboxylic acid groups (broad SMARTS) is 1. The van der Waals surface area contributed by atoms with Crippen molar-refractivity contribution >= 4 is 5.97 Å². The van der Waals surface area contributed by atoms with E-state index in [1.54, 1.807) is 0 Å². The van der Waals surface area contributed by atoms with E-state index in [0.717, 1.165) is 13.1 Å². The van der Waals surface area contributed by atoms with E-state index in [1.165, 1.54) is 0 Å². The van der Waals surface area contributed by atoms with Crippen LogP contribution in [0.4, 0.5) is 0 Å². The number of morpholine rings is 1. The number of quaternary nitrogens is 1. The summed E-state index contributed by atoms with van der Waals surface area (Å²) in [7, 11) is 0. The molecule has 0 aliphatic carbocycles. The van der Waals surface area contributed by atoms with Gasteiger partial charge in [-0.05, 0) is 0 Å². The maximum atomic E-state index is 10.5. The van der Waals surface area contributed by atoms with Gasteiger partial charge in [-0.2, -0.15) is 0 Å². The Balaban J connectivity index is 2.46. The highest BCUT2D eigenvalue weighted by molar-refractivity contribution is 5.66. The number of aliphatic carboxylic acids is 1. The summed E-state index contributed by atoms with van der Waals surface area (Å²) < 4.78 is 5.92. The number of hydrogen-bond donors (Lipinski definition) is 2. The molecule has 1 aliphatic heterocycles. The number of carboxylic acids is 1. The molecule has 1 fully saturated rings. The van der Waals surface area contributed by atoms with Crippen molar-refractivity contribution in [3.63, 3.8) is 0 Å². The highest BCUT2D eigenvalue weighted by atomic mass is 16.5. The zero-order valence-electron chi connectivity index (χ0n) is 8.31. The molecule has 1 heterocycles. The maximum absolute atomic E-state index is 10.5. The van der Waals surface area contributed by atoms with Crippen molar-refractivity contribution in [2.45, 2.75) is 6.42 Å². The molecule has 0 unspecified atom stereocenters. The van der Waals surface area contributed by atoms with Crippen LogP contribution < -0.4 is 0 Å². The molecule has 1 aliphatic rings. The van der Waals surface area contributed by atoms with E-state index in [1.807, 2.05) is 0 Å². The van der Waals surface area contributed by atoms with Crippen LogP contribution in [0.5, 0.6) is 0 Å². The Labute approximate surface area is 83.5 Å². The van der Waals surface area contributed by atoms with Gasteiger partial charge in [0.2, 0.25) is 0 Å². The second-order valence-corrected chi connectivity index (χ2v) is 3.72. The van der Waals surface area contributed by atoms with E-state index in [9.17, 15) is 4.79 Å². The Morgan fingerprint density at radius 3 is 2.43 bits per heavy atom. The van der Waals surface area contributed by atoms with Crippen LogP contribution in [0.2, 0.25) is 0 Å². The number of aliphatic hydroxyl groups excluding tert-OH is 1. The highest BCUT2D eigenvalue weighted by Gasteiger charge is 2.30. The van der Waals surface area contributed by atoms with Gasteiger partial charge in [-0.15, -0.1) is 0 Å². The summed E-state index contributed by atoms with van der Waals surface area (Å²) in [6.45, 7) is 4.30. The normalized spacial score (nSPS) is 20.6. The van der Waals surface area contributed by atoms with Crippen molar-refractivity contribution in [1.29, 1.82) is 0 Å². The molecular weight excluding hydrogens is 186 g/mol. The monoisotopic (exact) mass is 204 g/mol. The second-order valence-electron chi connectivity index (χ2n) is 3.72. The second kappa shape index (κ2) is 5.29. The van der Waals surface area contributed by atoms with Crippen molar-refractivity contribution in [3.05, 3.63) is 0 Å². The van der Waals surface area contributed by atoms with E-state index in [4.69, 9.17) is 14.9 Å². The van der Waals surface area contributed by atoms with Gasteiger partial charge in [0.1, 0.15) is 19.6 Å². The first-order valence-corrected chi connectivity index (χ1v) is 4.94. The minimum atomic E-state index is -0.771. The van der Waals surface area contributed by atoms with Gasteiger partial charge in [0.05, 0.1) is 32.8 Å². The number of aliphatic hydroxyl groups is 1. The largest absolute Gasteiger partial charge is 0.481 e. The number of ether oxygens (including phenoxy) is 1. The third kappa shape index (κ3) is 3.25. The number of carbonyl (C=O) groups is 1. The third-order valence-electron chi connectivity index (χ3n) is 2.79. The lowest BCUT2D eigenvalue weighted by molar-refractivity contribution is -0.934. The minimum Gasteiger partial charge on any atom is -0.481 e. The Bertz CT molecular complexity index is 184. The average molecular weight is 204 g/mol. The molecule has 0 aromatic heterocycles. The Morgan fingerprint density at radius 2 is 1.93 bits per heavy atom. The Morgan fingerprint density at radius 1 is 1.29 bits per heavy atom. The predicted octanol–water partition coefficient (Wildman–Crippen LogP) is -0.700. The van der Waals surface area contributed by atoms with Crippen LogP contribution in [0.1, 0.15) is 6.42 Å². The van der Waals surface area contributed by atoms with Crippen molar-refractivity contribution in [2.75, 3.05) is 46.0 Å². The van der Waals surface area contributed by atoms with Crippen LogP contribution in [0.15, 0.2) is 0 Å². The zero-order chi connectivity index (χ0) is 10.4. The first-order valence-electron chi connectivity index (χ1n) is 4.94. The fourth-order valence-electron chi connectivity index (χ4n) is 1.83. The van der Waals surface area contributed by atoms with Crippen LogP contribution >= 0.6 is 0 Å². The molecule has 0 spiro atoms. The molecule has 2 N–H and O–H groups in total. The smallest absolute Gasteiger partial charge is 0.309 e. The summed E-state index contributed by atoms with van der Waals surface area (Å²) in [6, 6.07) is 0. The Hall–Kier alpha value is -0.650. The van der Waals surface area contributed by atoms with Gasteiger partial charge in [0.25, 0.3) is 0 Å². The first kappa shape index (κ1) is 11.4. The summed E-state index contributed by atoms with van der Waals surface area (Å²) in [6.07, 6.45) is 0.167. The number of hydrogen-bond acceptors (Lipinski definition) is 3. The van der Waals surface area contributed by atoms with E-state index in [2.05, 4.69) is 0 Å². The molecule has 0 atom stereocenters. The molecule has 0 aromatic carbocycles. The number of nitrogens with zero attached hydrogens (tertiary/aromatic N) is 1. The molecule has 5 nitrogen and oxygen atoms in total. The number of rotatable bonds is 5. The summed E-state index contributed by atoms with van der Waals surface area (Å²) in [4.78, 5) is 10.5. The van der Waals surface area contributed by atoms with E-state index < -0.39 is 5.97 Å². The van der Waals surface area contributed by atoms with Crippen molar-refractivity contribution in [1.82, 2.24) is 0 Å². The van der Waals surface area contributed by atoms with E-state index in [-0.39, 0.29) is 13.0 Å². The van der Waals surface area contributed by atoms with Gasteiger partial charge >= 0.3 is 5.97 Å². The van der Waals surface area contributed by atoms with Crippen molar-refractivity contribution in [3.8, 4) is 0 Å². The van der Waals surface area contributed by atoms with Gasteiger partial charge in [0, 0.05) is 0 Å². The summed E-state index contributed by atoms with van der Waals surface area (Å²) in [5.74, 6) is -0.771. The van der Waals surface area contributed by atoms with Crippen molar-refractivity contribution < 1.29 is 24.2 Å². The fourth-order valence-corrected chi connectivity index (χ4v) is 1.83. The lowest BCUT2D eigenvalue weighted by Gasteiger charge is -2.40. The molecule has 82 valence electrons. The average Bonchev–Trinajstić information content (AvgIpc) is 2.17. The molecule has 0 radical (unpaired) electrons. The molecule has 5 heteroatoms. The zero-order valence-corrected chi connectivity index (χ0v) is 8.31. The van der Waals surface area contributed by atoms with Crippen LogP contribution in [0.3, 0.4) is 0 Å². The lowest BCUT2D eigenvalue weighted by atomic mass is 10.2.